The summed E-state index contributed by atoms with van der Waals surface area (Å²) in [6.45, 7) is 3.59. The maximum atomic E-state index is 13.5. The highest BCUT2D eigenvalue weighted by Crippen LogP contribution is 2.18. The smallest absolute Gasteiger partial charge is 0.129 e. The lowest BCUT2D eigenvalue weighted by Crippen LogP contribution is -2.35. The second-order valence-electron chi connectivity index (χ2n) is 4.54. The van der Waals surface area contributed by atoms with Crippen molar-refractivity contribution in [3.8, 4) is 0 Å². The fourth-order valence-electron chi connectivity index (χ4n) is 2.20. The van der Waals surface area contributed by atoms with Crippen LogP contribution >= 0.6 is 11.6 Å². The molecule has 94 valence electrons. The van der Waals surface area contributed by atoms with Gasteiger partial charge in [0.25, 0.3) is 0 Å². The molecule has 1 aliphatic heterocycles. The normalized spacial score (nSPS) is 20.5. The number of rotatable bonds is 4. The zero-order valence-corrected chi connectivity index (χ0v) is 10.6. The van der Waals surface area contributed by atoms with Crippen molar-refractivity contribution in [3.63, 3.8) is 0 Å². The van der Waals surface area contributed by atoms with Crippen LogP contribution in [-0.2, 0) is 6.54 Å². The Morgan fingerprint density at radius 2 is 2.35 bits per heavy atom. The Balaban J connectivity index is 1.81. The molecule has 17 heavy (non-hydrogen) atoms. The molecule has 2 nitrogen and oxygen atoms in total. The zero-order chi connectivity index (χ0) is 12.1. The first kappa shape index (κ1) is 12.8. The molecule has 1 heterocycles. The van der Waals surface area contributed by atoms with Crippen molar-refractivity contribution in [2.24, 2.45) is 5.92 Å². The topological polar surface area (TPSA) is 24.1 Å². The van der Waals surface area contributed by atoms with Crippen molar-refractivity contribution in [1.29, 1.82) is 0 Å². The summed E-state index contributed by atoms with van der Waals surface area (Å²) in [7, 11) is 0. The van der Waals surface area contributed by atoms with E-state index in [0.29, 0.717) is 23.0 Å². The van der Waals surface area contributed by atoms with E-state index in [4.69, 9.17) is 11.6 Å². The van der Waals surface area contributed by atoms with Gasteiger partial charge in [0.15, 0.2) is 0 Å². The minimum absolute atomic E-state index is 0.230. The Labute approximate surface area is 107 Å². The molecule has 1 aliphatic rings. The van der Waals surface area contributed by atoms with Crippen molar-refractivity contribution in [2.45, 2.75) is 19.4 Å². The molecule has 0 radical (unpaired) electrons. The highest BCUT2D eigenvalue weighted by atomic mass is 35.5. The van der Waals surface area contributed by atoms with Crippen LogP contribution in [0.25, 0.3) is 0 Å². The Morgan fingerprint density at radius 1 is 1.47 bits per heavy atom. The number of nitrogens with one attached hydrogen (secondary N) is 2. The van der Waals surface area contributed by atoms with E-state index in [1.54, 1.807) is 12.1 Å². The van der Waals surface area contributed by atoms with Crippen LogP contribution in [-0.4, -0.2) is 19.6 Å². The quantitative estimate of drug-likeness (QED) is 0.865. The maximum Gasteiger partial charge on any atom is 0.129 e. The summed E-state index contributed by atoms with van der Waals surface area (Å²) in [4.78, 5) is 0. The molecule has 1 aromatic rings. The highest BCUT2D eigenvalue weighted by molar-refractivity contribution is 6.31. The average Bonchev–Trinajstić information content (AvgIpc) is 2.34. The zero-order valence-electron chi connectivity index (χ0n) is 9.81. The van der Waals surface area contributed by atoms with Gasteiger partial charge < -0.3 is 10.6 Å². The van der Waals surface area contributed by atoms with Gasteiger partial charge in [-0.3, -0.25) is 0 Å². The Hall–Kier alpha value is -0.640. The molecule has 0 saturated carbocycles. The van der Waals surface area contributed by atoms with E-state index in [1.165, 1.54) is 18.9 Å². The van der Waals surface area contributed by atoms with Crippen LogP contribution in [0.1, 0.15) is 18.4 Å². The fourth-order valence-corrected chi connectivity index (χ4v) is 2.43. The SMILES string of the molecule is Fc1cccc(Cl)c1CNCC1CCCNC1. The van der Waals surface area contributed by atoms with Crippen LogP contribution in [0.4, 0.5) is 4.39 Å². The van der Waals surface area contributed by atoms with Crippen molar-refractivity contribution in [1.82, 2.24) is 10.6 Å². The van der Waals surface area contributed by atoms with Gasteiger partial charge in [0, 0.05) is 17.1 Å². The van der Waals surface area contributed by atoms with Gasteiger partial charge in [0.05, 0.1) is 0 Å². The summed E-state index contributed by atoms with van der Waals surface area (Å²) in [6.07, 6.45) is 2.47. The van der Waals surface area contributed by atoms with Gasteiger partial charge in [-0.15, -0.1) is 0 Å². The minimum Gasteiger partial charge on any atom is -0.316 e. The van der Waals surface area contributed by atoms with Gasteiger partial charge in [-0.05, 0) is 50.5 Å². The molecular weight excluding hydrogens is 239 g/mol. The summed E-state index contributed by atoms with van der Waals surface area (Å²) >= 11 is 5.96. The third-order valence-corrected chi connectivity index (χ3v) is 3.55. The predicted octanol–water partition coefficient (Wildman–Crippen LogP) is 2.57. The molecule has 1 fully saturated rings. The summed E-state index contributed by atoms with van der Waals surface area (Å²) in [5.41, 5.74) is 0.568. The molecule has 0 spiro atoms. The van der Waals surface area contributed by atoms with Crippen LogP contribution in [0, 0.1) is 11.7 Å². The summed E-state index contributed by atoms with van der Waals surface area (Å²) < 4.78 is 13.5. The molecule has 1 aromatic carbocycles. The molecule has 0 aromatic heterocycles. The first-order valence-corrected chi connectivity index (χ1v) is 6.49. The number of piperidine rings is 1. The van der Waals surface area contributed by atoms with Crippen LogP contribution in [0.3, 0.4) is 0 Å². The van der Waals surface area contributed by atoms with E-state index in [0.717, 1.165) is 19.6 Å². The Kier molecular flexibility index (Phi) is 4.77. The molecule has 1 unspecified atom stereocenters. The van der Waals surface area contributed by atoms with Gasteiger partial charge in [0.1, 0.15) is 5.82 Å². The standard InChI is InChI=1S/C13H18ClFN2/c14-12-4-1-5-13(15)11(12)9-17-8-10-3-2-6-16-7-10/h1,4-5,10,16-17H,2-3,6-9H2. The van der Waals surface area contributed by atoms with Crippen LogP contribution in [0.15, 0.2) is 18.2 Å². The number of benzene rings is 1. The number of halogens is 2. The first-order valence-electron chi connectivity index (χ1n) is 6.11. The molecule has 4 heteroatoms. The van der Waals surface area contributed by atoms with Gasteiger partial charge in [0.2, 0.25) is 0 Å². The third kappa shape index (κ3) is 3.66. The fraction of sp³-hybridized carbons (Fsp3) is 0.538. The van der Waals surface area contributed by atoms with E-state index in [-0.39, 0.29) is 5.82 Å². The molecule has 1 saturated heterocycles. The Morgan fingerprint density at radius 3 is 3.06 bits per heavy atom. The molecule has 0 bridgehead atoms. The lowest BCUT2D eigenvalue weighted by Gasteiger charge is -2.23. The van der Waals surface area contributed by atoms with Gasteiger partial charge in [-0.2, -0.15) is 0 Å². The second-order valence-corrected chi connectivity index (χ2v) is 4.95. The maximum absolute atomic E-state index is 13.5. The summed E-state index contributed by atoms with van der Waals surface area (Å²) in [5, 5.41) is 7.15. The molecule has 2 N–H and O–H groups in total. The molecular formula is C13H18ClFN2. The van der Waals surface area contributed by atoms with Crippen molar-refractivity contribution in [3.05, 3.63) is 34.6 Å². The average molecular weight is 257 g/mol. The third-order valence-electron chi connectivity index (χ3n) is 3.20. The monoisotopic (exact) mass is 256 g/mol. The van der Waals surface area contributed by atoms with Crippen molar-refractivity contribution >= 4 is 11.6 Å². The van der Waals surface area contributed by atoms with Crippen molar-refractivity contribution in [2.75, 3.05) is 19.6 Å². The molecule has 0 aliphatic carbocycles. The van der Waals surface area contributed by atoms with E-state index >= 15 is 0 Å². The predicted molar refractivity (Wildman–Crippen MR) is 68.7 cm³/mol. The number of hydrogen-bond acceptors (Lipinski definition) is 2. The van der Waals surface area contributed by atoms with E-state index < -0.39 is 0 Å². The van der Waals surface area contributed by atoms with E-state index in [1.807, 2.05) is 0 Å². The summed E-state index contributed by atoms with van der Waals surface area (Å²) in [5.74, 6) is 0.418. The van der Waals surface area contributed by atoms with Crippen LogP contribution in [0.2, 0.25) is 5.02 Å². The van der Waals surface area contributed by atoms with Gasteiger partial charge in [-0.1, -0.05) is 17.7 Å². The van der Waals surface area contributed by atoms with Gasteiger partial charge in [-0.25, -0.2) is 4.39 Å². The largest absolute Gasteiger partial charge is 0.316 e. The molecule has 1 atom stereocenters. The van der Waals surface area contributed by atoms with Gasteiger partial charge >= 0.3 is 0 Å². The molecule has 2 rings (SSSR count). The van der Waals surface area contributed by atoms with E-state index in [2.05, 4.69) is 10.6 Å². The minimum atomic E-state index is -0.230. The lowest BCUT2D eigenvalue weighted by atomic mass is 10.00. The Bertz CT molecular complexity index is 344. The second kappa shape index (κ2) is 6.34. The van der Waals surface area contributed by atoms with Crippen LogP contribution < -0.4 is 10.6 Å². The summed E-state index contributed by atoms with van der Waals surface area (Å²) in [6, 6.07) is 4.81. The lowest BCUT2D eigenvalue weighted by molar-refractivity contribution is 0.359. The molecule has 0 amide bonds. The first-order chi connectivity index (χ1) is 8.27. The van der Waals surface area contributed by atoms with Crippen LogP contribution in [0.5, 0.6) is 0 Å². The van der Waals surface area contributed by atoms with Crippen molar-refractivity contribution < 1.29 is 4.39 Å². The highest BCUT2D eigenvalue weighted by Gasteiger charge is 2.13. The van der Waals surface area contributed by atoms with E-state index in [9.17, 15) is 4.39 Å². The number of hydrogen-bond donors (Lipinski definition) is 2.